The highest BCUT2D eigenvalue weighted by Gasteiger charge is 2.25. The second kappa shape index (κ2) is 3.53. The minimum absolute atomic E-state index is 0.396. The molecule has 0 radical (unpaired) electrons. The van der Waals surface area contributed by atoms with E-state index in [0.717, 1.165) is 13.3 Å². The summed E-state index contributed by atoms with van der Waals surface area (Å²) in [5, 5.41) is 9.93. The van der Waals surface area contributed by atoms with Gasteiger partial charge in [-0.15, -0.1) is 0 Å². The molecule has 0 N–H and O–H groups in total. The first-order valence-corrected chi connectivity index (χ1v) is 3.48. The molecule has 0 fully saturated rings. The minimum Gasteiger partial charge on any atom is -0.476 e. The molecule has 1 heterocycles. The fraction of sp³-hybridized carbons (Fsp3) is 0.167. The summed E-state index contributed by atoms with van der Waals surface area (Å²) in [5.41, 5.74) is -0.852. The third-order valence-corrected chi connectivity index (χ3v) is 1.55. The number of rotatable bonds is 2. The lowest BCUT2D eigenvalue weighted by molar-refractivity contribution is -0.388. The van der Waals surface area contributed by atoms with Gasteiger partial charge in [-0.25, -0.2) is 4.98 Å². The Morgan fingerprint density at radius 2 is 2.38 bits per heavy atom. The summed E-state index contributed by atoms with van der Waals surface area (Å²) < 4.78 is 17.5. The van der Waals surface area contributed by atoms with Crippen LogP contribution in [0, 0.1) is 15.9 Å². The van der Waals surface area contributed by atoms with Crippen molar-refractivity contribution in [2.24, 2.45) is 0 Å². The van der Waals surface area contributed by atoms with Crippen LogP contribution in [-0.2, 0) is 0 Å². The topological polar surface area (TPSA) is 65.3 Å². The van der Waals surface area contributed by atoms with Gasteiger partial charge in [0.1, 0.15) is 5.02 Å². The summed E-state index contributed by atoms with van der Waals surface area (Å²) in [5.74, 6) is -1.54. The normalized spacial score (nSPS) is 9.77. The zero-order valence-electron chi connectivity index (χ0n) is 6.45. The van der Waals surface area contributed by atoms with Crippen molar-refractivity contribution in [1.29, 1.82) is 0 Å². The van der Waals surface area contributed by atoms with Crippen molar-refractivity contribution in [3.8, 4) is 5.88 Å². The number of ether oxygens (including phenoxy) is 1. The molecule has 70 valence electrons. The second-order valence-electron chi connectivity index (χ2n) is 2.04. The first-order valence-electron chi connectivity index (χ1n) is 3.10. The molecule has 7 heteroatoms. The first kappa shape index (κ1) is 9.66. The lowest BCUT2D eigenvalue weighted by Gasteiger charge is -2.00. The summed E-state index contributed by atoms with van der Waals surface area (Å²) >= 11 is 5.29. The second-order valence-corrected chi connectivity index (χ2v) is 2.44. The molecule has 1 aromatic rings. The predicted molar refractivity (Wildman–Crippen MR) is 42.4 cm³/mol. The van der Waals surface area contributed by atoms with Gasteiger partial charge < -0.3 is 4.74 Å². The summed E-state index contributed by atoms with van der Waals surface area (Å²) in [6.45, 7) is 0. The Hall–Kier alpha value is -1.43. The average molecular weight is 207 g/mol. The molecule has 0 aromatic carbocycles. The average Bonchev–Trinajstić information content (AvgIpc) is 2.08. The molecular formula is C6H4ClFN2O3. The molecule has 1 rings (SSSR count). The predicted octanol–water partition coefficient (Wildman–Crippen LogP) is 1.79. The highest BCUT2D eigenvalue weighted by atomic mass is 35.5. The number of hydrogen-bond acceptors (Lipinski definition) is 4. The van der Waals surface area contributed by atoms with E-state index >= 15 is 0 Å². The van der Waals surface area contributed by atoms with Crippen LogP contribution in [0.5, 0.6) is 5.88 Å². The van der Waals surface area contributed by atoms with Crippen LogP contribution >= 0.6 is 11.6 Å². The number of hydrogen-bond donors (Lipinski definition) is 0. The molecule has 0 aliphatic carbocycles. The van der Waals surface area contributed by atoms with Gasteiger partial charge in [0.15, 0.2) is 0 Å². The van der Waals surface area contributed by atoms with Gasteiger partial charge in [0.25, 0.3) is 5.88 Å². The summed E-state index contributed by atoms with van der Waals surface area (Å²) in [4.78, 5) is 12.8. The van der Waals surface area contributed by atoms with Crippen LogP contribution in [0.25, 0.3) is 0 Å². The smallest absolute Gasteiger partial charge is 0.367 e. The molecule has 0 spiro atoms. The van der Waals surface area contributed by atoms with Crippen molar-refractivity contribution in [3.63, 3.8) is 0 Å². The van der Waals surface area contributed by atoms with Crippen LogP contribution in [-0.4, -0.2) is 17.0 Å². The van der Waals surface area contributed by atoms with Crippen LogP contribution in [0.4, 0.5) is 10.1 Å². The number of nitro groups is 1. The Balaban J connectivity index is 3.41. The van der Waals surface area contributed by atoms with E-state index < -0.39 is 27.3 Å². The number of aromatic nitrogens is 1. The van der Waals surface area contributed by atoms with Crippen molar-refractivity contribution in [3.05, 3.63) is 27.2 Å². The van der Waals surface area contributed by atoms with E-state index in [4.69, 9.17) is 11.6 Å². The van der Waals surface area contributed by atoms with E-state index in [2.05, 4.69) is 9.72 Å². The van der Waals surface area contributed by atoms with Gasteiger partial charge in [-0.3, -0.25) is 10.1 Å². The summed E-state index contributed by atoms with van der Waals surface area (Å²) in [6.07, 6.45) is 0.947. The monoisotopic (exact) mass is 206 g/mol. The van der Waals surface area contributed by atoms with E-state index in [1.807, 2.05) is 0 Å². The van der Waals surface area contributed by atoms with Gasteiger partial charge >= 0.3 is 5.69 Å². The van der Waals surface area contributed by atoms with Crippen LogP contribution in [0.15, 0.2) is 6.20 Å². The quantitative estimate of drug-likeness (QED) is 0.547. The highest BCUT2D eigenvalue weighted by molar-refractivity contribution is 6.30. The fourth-order valence-corrected chi connectivity index (χ4v) is 0.886. The first-order chi connectivity index (χ1) is 6.07. The molecule has 5 nitrogen and oxygen atoms in total. The van der Waals surface area contributed by atoms with E-state index in [-0.39, 0.29) is 0 Å². The molecule has 0 atom stereocenters. The van der Waals surface area contributed by atoms with Crippen molar-refractivity contribution in [2.75, 3.05) is 7.11 Å². The number of halogens is 2. The van der Waals surface area contributed by atoms with Gasteiger partial charge in [-0.05, 0) is 0 Å². The Bertz CT molecular complexity index is 358. The molecule has 0 bridgehead atoms. The molecule has 0 unspecified atom stereocenters. The number of nitrogens with zero attached hydrogens (tertiary/aromatic N) is 2. The third kappa shape index (κ3) is 1.67. The maximum atomic E-state index is 13.0. The van der Waals surface area contributed by atoms with Crippen LogP contribution in [0.2, 0.25) is 5.02 Å². The maximum absolute atomic E-state index is 13.0. The Labute approximate surface area is 77.3 Å². The number of pyridine rings is 1. The lowest BCUT2D eigenvalue weighted by atomic mass is 10.4. The van der Waals surface area contributed by atoms with Gasteiger partial charge in [-0.2, -0.15) is 4.39 Å². The van der Waals surface area contributed by atoms with E-state index in [0.29, 0.717) is 0 Å². The Morgan fingerprint density at radius 1 is 1.77 bits per heavy atom. The van der Waals surface area contributed by atoms with Crippen molar-refractivity contribution >= 4 is 17.3 Å². The molecule has 1 aromatic heterocycles. The lowest BCUT2D eigenvalue weighted by Crippen LogP contribution is -1.99. The zero-order valence-corrected chi connectivity index (χ0v) is 7.21. The summed E-state index contributed by atoms with van der Waals surface area (Å²) in [7, 11) is 1.16. The van der Waals surface area contributed by atoms with Gasteiger partial charge in [-0.1, -0.05) is 11.6 Å². The molecule has 0 saturated heterocycles. The molecule has 0 aliphatic rings. The standard InChI is InChI=1S/C6H4ClFN2O3/c1-13-6-5(10(11)12)4(8)3(7)2-9-6/h2H,1H3. The van der Waals surface area contributed by atoms with E-state index in [9.17, 15) is 14.5 Å². The molecule has 0 saturated carbocycles. The van der Waals surface area contributed by atoms with E-state index in [1.165, 1.54) is 0 Å². The Morgan fingerprint density at radius 3 is 2.85 bits per heavy atom. The van der Waals surface area contributed by atoms with Crippen molar-refractivity contribution in [1.82, 2.24) is 4.98 Å². The van der Waals surface area contributed by atoms with Crippen molar-refractivity contribution in [2.45, 2.75) is 0 Å². The summed E-state index contributed by atoms with van der Waals surface area (Å²) in [6, 6.07) is 0. The molecular weight excluding hydrogens is 203 g/mol. The van der Waals surface area contributed by atoms with E-state index in [1.54, 1.807) is 0 Å². The maximum Gasteiger partial charge on any atom is 0.367 e. The Kier molecular flexibility index (Phi) is 2.62. The van der Waals surface area contributed by atoms with Crippen LogP contribution in [0.3, 0.4) is 0 Å². The number of methoxy groups -OCH3 is 1. The molecule has 13 heavy (non-hydrogen) atoms. The van der Waals surface area contributed by atoms with Crippen LogP contribution < -0.4 is 4.74 Å². The third-order valence-electron chi connectivity index (χ3n) is 1.29. The SMILES string of the molecule is COc1ncc(Cl)c(F)c1[N+](=O)[O-]. The molecule has 0 aliphatic heterocycles. The van der Waals surface area contributed by atoms with Gasteiger partial charge in [0.05, 0.1) is 18.2 Å². The highest BCUT2D eigenvalue weighted by Crippen LogP contribution is 2.31. The van der Waals surface area contributed by atoms with Gasteiger partial charge in [0.2, 0.25) is 5.82 Å². The van der Waals surface area contributed by atoms with Crippen LogP contribution in [0.1, 0.15) is 0 Å². The fourth-order valence-electron chi connectivity index (χ4n) is 0.748. The van der Waals surface area contributed by atoms with Gasteiger partial charge in [0, 0.05) is 0 Å². The zero-order chi connectivity index (χ0) is 10.0. The minimum atomic E-state index is -1.14. The largest absolute Gasteiger partial charge is 0.476 e. The van der Waals surface area contributed by atoms with Crippen molar-refractivity contribution < 1.29 is 14.1 Å². The molecule has 0 amide bonds.